The fourth-order valence-corrected chi connectivity index (χ4v) is 2.72. The Morgan fingerprint density at radius 2 is 1.96 bits per heavy atom. The summed E-state index contributed by atoms with van der Waals surface area (Å²) >= 11 is 0. The molecule has 1 amide bonds. The van der Waals surface area contributed by atoms with Gasteiger partial charge >= 0.3 is 12.1 Å². The maximum atomic E-state index is 13.1. The number of nitrogens with zero attached hydrogens (tertiary/aromatic N) is 3. The van der Waals surface area contributed by atoms with E-state index in [1.54, 1.807) is 24.3 Å². The van der Waals surface area contributed by atoms with Gasteiger partial charge in [0, 0.05) is 11.8 Å². The summed E-state index contributed by atoms with van der Waals surface area (Å²) < 4.78 is 39.2. The second-order valence-electron chi connectivity index (χ2n) is 5.77. The van der Waals surface area contributed by atoms with Gasteiger partial charge in [0.1, 0.15) is 17.2 Å². The first kappa shape index (κ1) is 20.0. The zero-order chi connectivity index (χ0) is 18.0. The van der Waals surface area contributed by atoms with E-state index in [1.807, 2.05) is 6.92 Å². The minimum Gasteiger partial charge on any atom is -0.278 e. The third-order valence-corrected chi connectivity index (χ3v) is 3.91. The first-order valence-corrected chi connectivity index (χ1v) is 8.05. The van der Waals surface area contributed by atoms with E-state index in [-0.39, 0.29) is 23.8 Å². The molecule has 0 aliphatic carbocycles. The van der Waals surface area contributed by atoms with E-state index in [0.29, 0.717) is 28.2 Å². The zero-order valence-corrected chi connectivity index (χ0v) is 14.8. The van der Waals surface area contributed by atoms with E-state index >= 15 is 0 Å². The number of hydrogen-bond acceptors (Lipinski definition) is 4. The monoisotopic (exact) mass is 386 g/mol. The third kappa shape index (κ3) is 3.90. The summed E-state index contributed by atoms with van der Waals surface area (Å²) in [4.78, 5) is 20.6. The molecule has 26 heavy (non-hydrogen) atoms. The van der Waals surface area contributed by atoms with Crippen LogP contribution in [0.5, 0.6) is 0 Å². The van der Waals surface area contributed by atoms with Gasteiger partial charge in [-0.25, -0.2) is 10.0 Å². The van der Waals surface area contributed by atoms with Crippen LogP contribution in [-0.4, -0.2) is 22.9 Å². The maximum Gasteiger partial charge on any atom is 0.473 e. The van der Waals surface area contributed by atoms with Gasteiger partial charge in [-0.2, -0.15) is 13.2 Å². The molecule has 140 valence electrons. The Bertz CT molecular complexity index is 838. The number of amidine groups is 1. The molecule has 0 atom stereocenters. The van der Waals surface area contributed by atoms with Gasteiger partial charge in [0.2, 0.25) is 0 Å². The molecule has 1 aliphatic rings. The Morgan fingerprint density at radius 1 is 1.23 bits per heavy atom. The molecule has 2 aromatic rings. The van der Waals surface area contributed by atoms with Crippen molar-refractivity contribution >= 4 is 46.4 Å². The van der Waals surface area contributed by atoms with Gasteiger partial charge in [0.25, 0.3) is 0 Å². The lowest BCUT2D eigenvalue weighted by Gasteiger charge is -2.31. The van der Waals surface area contributed by atoms with Crippen LogP contribution in [0.15, 0.2) is 35.5 Å². The van der Waals surface area contributed by atoms with Gasteiger partial charge in [0.15, 0.2) is 0 Å². The number of aliphatic imine (C=N–C) groups is 1. The minimum atomic E-state index is -5.00. The Kier molecular flexibility index (Phi) is 6.07. The summed E-state index contributed by atoms with van der Waals surface area (Å²) in [6.45, 7) is 2.03. The average Bonchev–Trinajstić information content (AvgIpc) is 2.59. The highest BCUT2D eigenvalue weighted by Gasteiger charge is 2.45. The first-order chi connectivity index (χ1) is 11.9. The first-order valence-electron chi connectivity index (χ1n) is 8.05. The molecule has 1 aliphatic heterocycles. The molecule has 2 heterocycles. The number of nitrogens with one attached hydrogen (secondary N) is 1. The fraction of sp³-hybridized carbons (Fsp3) is 0.353. The Labute approximate surface area is 154 Å². The Hall–Kier alpha value is -2.35. The predicted octanol–water partition coefficient (Wildman–Crippen LogP) is 4.68. The SMILES string of the molecule is CCCCCC1=Nc2cnc3ccccc3c2N(C(=O)C(F)(F)F)N1.Cl. The highest BCUT2D eigenvalue weighted by Crippen LogP contribution is 2.38. The van der Waals surface area contributed by atoms with Crippen molar-refractivity contribution in [1.82, 2.24) is 10.4 Å². The minimum absolute atomic E-state index is 0. The number of unbranched alkanes of at least 4 members (excludes halogenated alkanes) is 2. The molecule has 5 nitrogen and oxygen atoms in total. The van der Waals surface area contributed by atoms with Crippen LogP contribution < -0.4 is 10.4 Å². The van der Waals surface area contributed by atoms with Gasteiger partial charge in [-0.05, 0) is 12.5 Å². The molecule has 0 saturated carbocycles. The largest absolute Gasteiger partial charge is 0.473 e. The molecule has 0 fully saturated rings. The molecule has 0 radical (unpaired) electrons. The number of amides is 1. The molecule has 0 unspecified atom stereocenters. The van der Waals surface area contributed by atoms with Crippen LogP contribution in [-0.2, 0) is 4.79 Å². The normalized spacial score (nSPS) is 13.5. The molecule has 0 saturated heterocycles. The average molecular weight is 387 g/mol. The van der Waals surface area contributed by atoms with Gasteiger partial charge in [-0.1, -0.05) is 38.0 Å². The van der Waals surface area contributed by atoms with Crippen LogP contribution in [0.25, 0.3) is 10.9 Å². The zero-order valence-electron chi connectivity index (χ0n) is 14.0. The number of carbonyl (C=O) groups excluding carboxylic acids is 1. The lowest BCUT2D eigenvalue weighted by Crippen LogP contribution is -2.53. The molecule has 3 rings (SSSR count). The topological polar surface area (TPSA) is 57.6 Å². The summed E-state index contributed by atoms with van der Waals surface area (Å²) in [7, 11) is 0. The molecule has 1 aromatic heterocycles. The lowest BCUT2D eigenvalue weighted by atomic mass is 10.1. The second-order valence-corrected chi connectivity index (χ2v) is 5.77. The molecule has 0 spiro atoms. The number of aromatic nitrogens is 1. The fourth-order valence-electron chi connectivity index (χ4n) is 2.72. The van der Waals surface area contributed by atoms with Crippen LogP contribution in [0.3, 0.4) is 0 Å². The number of fused-ring (bicyclic) bond motifs is 3. The number of pyridine rings is 1. The van der Waals surface area contributed by atoms with Crippen molar-refractivity contribution in [1.29, 1.82) is 0 Å². The number of rotatable bonds is 4. The number of hydrazine groups is 1. The van der Waals surface area contributed by atoms with Gasteiger partial charge in [-0.3, -0.25) is 15.2 Å². The van der Waals surface area contributed by atoms with E-state index in [0.717, 1.165) is 19.3 Å². The van der Waals surface area contributed by atoms with E-state index in [4.69, 9.17) is 0 Å². The smallest absolute Gasteiger partial charge is 0.278 e. The summed E-state index contributed by atoms with van der Waals surface area (Å²) in [5.74, 6) is -1.65. The van der Waals surface area contributed by atoms with Crippen molar-refractivity contribution in [3.63, 3.8) is 0 Å². The standard InChI is InChI=1S/C17H17F3N4O.ClH/c1-2-3-4-9-14-22-13-10-21-12-8-6-5-7-11(12)15(13)24(23-14)16(25)17(18,19)20;/h5-8,10H,2-4,9H2,1H3,(H,22,23);1H. The van der Waals surface area contributed by atoms with E-state index in [9.17, 15) is 18.0 Å². The number of para-hydroxylation sites is 1. The molecular weight excluding hydrogens is 369 g/mol. The second kappa shape index (κ2) is 7.90. The van der Waals surface area contributed by atoms with Gasteiger partial charge in [0.05, 0.1) is 11.7 Å². The van der Waals surface area contributed by atoms with E-state index in [1.165, 1.54) is 6.20 Å². The van der Waals surface area contributed by atoms with Crippen molar-refractivity contribution in [2.75, 3.05) is 5.01 Å². The Morgan fingerprint density at radius 3 is 2.65 bits per heavy atom. The number of halogens is 4. The highest BCUT2D eigenvalue weighted by atomic mass is 35.5. The Balaban J connectivity index is 0.00000243. The van der Waals surface area contributed by atoms with E-state index < -0.39 is 12.1 Å². The molecular formula is C17H18ClF3N4O. The predicted molar refractivity (Wildman–Crippen MR) is 96.9 cm³/mol. The molecule has 1 N–H and O–H groups in total. The maximum absolute atomic E-state index is 13.1. The number of carbonyl (C=O) groups is 1. The van der Waals surface area contributed by atoms with Crippen LogP contribution >= 0.6 is 12.4 Å². The van der Waals surface area contributed by atoms with Crippen molar-refractivity contribution in [2.45, 2.75) is 38.8 Å². The van der Waals surface area contributed by atoms with Crippen molar-refractivity contribution in [2.24, 2.45) is 4.99 Å². The highest BCUT2D eigenvalue weighted by molar-refractivity contribution is 6.12. The van der Waals surface area contributed by atoms with Crippen LogP contribution in [0.2, 0.25) is 0 Å². The number of benzene rings is 1. The van der Waals surface area contributed by atoms with Crippen molar-refractivity contribution < 1.29 is 18.0 Å². The summed E-state index contributed by atoms with van der Waals surface area (Å²) in [6, 6.07) is 6.71. The van der Waals surface area contributed by atoms with Crippen molar-refractivity contribution in [3.8, 4) is 0 Å². The summed E-state index contributed by atoms with van der Waals surface area (Å²) in [6.07, 6.45) is -0.470. The van der Waals surface area contributed by atoms with Crippen LogP contribution in [0.1, 0.15) is 32.6 Å². The van der Waals surface area contributed by atoms with Crippen LogP contribution in [0, 0.1) is 0 Å². The quantitative estimate of drug-likeness (QED) is 0.776. The van der Waals surface area contributed by atoms with Gasteiger partial charge < -0.3 is 0 Å². The van der Waals surface area contributed by atoms with Crippen LogP contribution in [0.4, 0.5) is 24.5 Å². The summed E-state index contributed by atoms with van der Waals surface area (Å²) in [5.41, 5.74) is 3.37. The molecule has 9 heteroatoms. The lowest BCUT2D eigenvalue weighted by molar-refractivity contribution is -0.170. The number of hydrogen-bond donors (Lipinski definition) is 1. The third-order valence-electron chi connectivity index (χ3n) is 3.91. The molecule has 1 aromatic carbocycles. The van der Waals surface area contributed by atoms with Gasteiger partial charge in [-0.15, -0.1) is 12.4 Å². The van der Waals surface area contributed by atoms with E-state index in [2.05, 4.69) is 15.4 Å². The molecule has 0 bridgehead atoms. The summed E-state index contributed by atoms with van der Waals surface area (Å²) in [5, 5.41) is 0.981. The van der Waals surface area contributed by atoms with Crippen molar-refractivity contribution in [3.05, 3.63) is 30.5 Å². The number of anilines is 1. The number of alkyl halides is 3.